The van der Waals surface area contributed by atoms with Gasteiger partial charge in [-0.15, -0.1) is 0 Å². The van der Waals surface area contributed by atoms with Crippen LogP contribution in [-0.2, 0) is 0 Å². The van der Waals surface area contributed by atoms with Crippen LogP contribution in [0.15, 0.2) is 73.1 Å². The van der Waals surface area contributed by atoms with E-state index in [2.05, 4.69) is 15.3 Å². The van der Waals surface area contributed by atoms with E-state index in [1.54, 1.807) is 24.5 Å². The van der Waals surface area contributed by atoms with Gasteiger partial charge < -0.3 is 15.4 Å². The van der Waals surface area contributed by atoms with Gasteiger partial charge in [0.15, 0.2) is 5.78 Å². The second-order valence-electron chi connectivity index (χ2n) is 5.69. The maximum absolute atomic E-state index is 12.8. The Bertz CT molecular complexity index is 1050. The predicted molar refractivity (Wildman–Crippen MR) is 97.4 cm³/mol. The molecule has 2 aromatic heterocycles. The van der Waals surface area contributed by atoms with Gasteiger partial charge >= 0.3 is 0 Å². The van der Waals surface area contributed by atoms with Crippen LogP contribution in [0.3, 0.4) is 0 Å². The fourth-order valence-electron chi connectivity index (χ4n) is 2.75. The second-order valence-corrected chi connectivity index (χ2v) is 5.69. The third-order valence-corrected chi connectivity index (χ3v) is 3.95. The van der Waals surface area contributed by atoms with Crippen LogP contribution in [0.5, 0.6) is 5.75 Å². The van der Waals surface area contributed by atoms with Gasteiger partial charge in [-0.1, -0.05) is 30.3 Å². The number of carbonyl (C=O) groups is 1. The number of rotatable bonds is 4. The van der Waals surface area contributed by atoms with Crippen LogP contribution in [-0.4, -0.2) is 20.9 Å². The predicted octanol–water partition coefficient (Wildman–Crippen LogP) is 4.24. The Morgan fingerprint density at radius 3 is 2.64 bits per heavy atom. The van der Waals surface area contributed by atoms with Crippen molar-refractivity contribution < 1.29 is 9.90 Å². The van der Waals surface area contributed by atoms with Crippen LogP contribution < -0.4 is 5.32 Å². The van der Waals surface area contributed by atoms with Gasteiger partial charge in [-0.2, -0.15) is 0 Å². The molecule has 0 saturated carbocycles. The summed E-state index contributed by atoms with van der Waals surface area (Å²) in [5.41, 5.74) is 3.33. The van der Waals surface area contributed by atoms with Gasteiger partial charge in [0.2, 0.25) is 0 Å². The number of aromatic nitrogens is 2. The molecule has 0 fully saturated rings. The third kappa shape index (κ3) is 2.95. The molecule has 0 aliphatic heterocycles. The van der Waals surface area contributed by atoms with Gasteiger partial charge in [0.25, 0.3) is 0 Å². The van der Waals surface area contributed by atoms with Crippen molar-refractivity contribution in [3.8, 4) is 5.75 Å². The van der Waals surface area contributed by atoms with Crippen molar-refractivity contribution in [3.63, 3.8) is 0 Å². The number of hydrogen-bond acceptors (Lipinski definition) is 4. The first-order chi connectivity index (χ1) is 12.2. The molecule has 4 rings (SSSR count). The monoisotopic (exact) mass is 329 g/mol. The van der Waals surface area contributed by atoms with Crippen molar-refractivity contribution >= 4 is 28.2 Å². The maximum Gasteiger partial charge on any atom is 0.195 e. The average Bonchev–Trinajstić information content (AvgIpc) is 3.05. The van der Waals surface area contributed by atoms with Crippen LogP contribution in [0, 0.1) is 0 Å². The molecule has 3 N–H and O–H groups in total. The Balaban J connectivity index is 1.72. The summed E-state index contributed by atoms with van der Waals surface area (Å²) in [6.07, 6.45) is 3.37. The van der Waals surface area contributed by atoms with Crippen molar-refractivity contribution in [2.24, 2.45) is 0 Å². The molecule has 4 aromatic rings. The smallest absolute Gasteiger partial charge is 0.195 e. The average molecular weight is 329 g/mol. The molecular formula is C20H15N3O2. The molecule has 2 heterocycles. The van der Waals surface area contributed by atoms with Gasteiger partial charge in [0.1, 0.15) is 11.4 Å². The first-order valence-corrected chi connectivity index (χ1v) is 7.83. The number of aromatic hydroxyl groups is 1. The van der Waals surface area contributed by atoms with Gasteiger partial charge in [0, 0.05) is 28.4 Å². The minimum Gasteiger partial charge on any atom is -0.508 e. The zero-order chi connectivity index (χ0) is 17.2. The van der Waals surface area contributed by atoms with Crippen LogP contribution in [0.2, 0.25) is 0 Å². The van der Waals surface area contributed by atoms with E-state index in [1.807, 2.05) is 36.4 Å². The van der Waals surface area contributed by atoms with E-state index in [0.717, 1.165) is 16.8 Å². The van der Waals surface area contributed by atoms with E-state index < -0.39 is 0 Å². The third-order valence-electron chi connectivity index (χ3n) is 3.95. The summed E-state index contributed by atoms with van der Waals surface area (Å²) in [5.74, 6) is -0.101. The molecule has 0 unspecified atom stereocenters. The second kappa shape index (κ2) is 6.13. The number of nitrogens with one attached hydrogen (secondary N) is 2. The zero-order valence-electron chi connectivity index (χ0n) is 13.2. The highest BCUT2D eigenvalue weighted by Gasteiger charge is 2.15. The zero-order valence-corrected chi connectivity index (χ0v) is 13.2. The minimum absolute atomic E-state index is 0.0650. The molecule has 122 valence electrons. The number of para-hydroxylation sites is 1. The first-order valence-electron chi connectivity index (χ1n) is 7.83. The Hall–Kier alpha value is -3.60. The molecule has 0 aliphatic carbocycles. The SMILES string of the molecule is O=C(c1cccc(O)c1)c1c[nH]c2ncc(Nc3ccccc3)cc12. The van der Waals surface area contributed by atoms with Crippen molar-refractivity contribution in [2.75, 3.05) is 5.32 Å². The number of nitrogens with zero attached hydrogens (tertiary/aromatic N) is 1. The minimum atomic E-state index is -0.166. The highest BCUT2D eigenvalue weighted by atomic mass is 16.3. The molecule has 0 aliphatic rings. The van der Waals surface area contributed by atoms with Gasteiger partial charge in [-0.05, 0) is 30.3 Å². The summed E-state index contributed by atoms with van der Waals surface area (Å²) in [6.45, 7) is 0. The van der Waals surface area contributed by atoms with Gasteiger partial charge in [-0.3, -0.25) is 4.79 Å². The summed E-state index contributed by atoms with van der Waals surface area (Å²) < 4.78 is 0. The number of phenols is 1. The van der Waals surface area contributed by atoms with E-state index in [9.17, 15) is 9.90 Å². The number of benzene rings is 2. The van der Waals surface area contributed by atoms with E-state index in [0.29, 0.717) is 16.8 Å². The maximum atomic E-state index is 12.8. The fourth-order valence-corrected chi connectivity index (χ4v) is 2.75. The number of pyridine rings is 1. The van der Waals surface area contributed by atoms with Crippen LogP contribution in [0.1, 0.15) is 15.9 Å². The van der Waals surface area contributed by atoms with Gasteiger partial charge in [0.05, 0.1) is 11.9 Å². The van der Waals surface area contributed by atoms with E-state index in [-0.39, 0.29) is 11.5 Å². The molecule has 5 heteroatoms. The largest absolute Gasteiger partial charge is 0.508 e. The quantitative estimate of drug-likeness (QED) is 0.489. The number of fused-ring (bicyclic) bond motifs is 1. The number of ketones is 1. The lowest BCUT2D eigenvalue weighted by atomic mass is 10.0. The van der Waals surface area contributed by atoms with Crippen molar-refractivity contribution in [2.45, 2.75) is 0 Å². The Labute approximate surface area is 144 Å². The number of aromatic amines is 1. The lowest BCUT2D eigenvalue weighted by molar-refractivity contribution is 0.104. The molecular weight excluding hydrogens is 314 g/mol. The number of H-pyrrole nitrogens is 1. The van der Waals surface area contributed by atoms with Crippen molar-refractivity contribution in [1.29, 1.82) is 0 Å². The molecule has 5 nitrogen and oxygen atoms in total. The lowest BCUT2D eigenvalue weighted by Gasteiger charge is -2.06. The molecule has 0 bridgehead atoms. The highest BCUT2D eigenvalue weighted by molar-refractivity contribution is 6.16. The van der Waals surface area contributed by atoms with Crippen LogP contribution in [0.4, 0.5) is 11.4 Å². The highest BCUT2D eigenvalue weighted by Crippen LogP contribution is 2.25. The Kier molecular flexibility index (Phi) is 3.67. The van der Waals surface area contributed by atoms with Crippen molar-refractivity contribution in [3.05, 3.63) is 84.2 Å². The molecule has 0 saturated heterocycles. The molecule has 0 amide bonds. The van der Waals surface area contributed by atoms with Crippen LogP contribution >= 0.6 is 0 Å². The van der Waals surface area contributed by atoms with E-state index in [1.165, 1.54) is 12.1 Å². The number of anilines is 2. The Morgan fingerprint density at radius 1 is 1.00 bits per heavy atom. The molecule has 0 spiro atoms. The number of phenolic OH excluding ortho intramolecular Hbond substituents is 1. The fraction of sp³-hybridized carbons (Fsp3) is 0. The summed E-state index contributed by atoms with van der Waals surface area (Å²) in [5, 5.41) is 13.6. The first kappa shape index (κ1) is 15.0. The summed E-state index contributed by atoms with van der Waals surface area (Å²) in [4.78, 5) is 20.2. The molecule has 0 radical (unpaired) electrons. The number of hydrogen-bond donors (Lipinski definition) is 3. The molecule has 25 heavy (non-hydrogen) atoms. The normalized spacial score (nSPS) is 10.7. The Morgan fingerprint density at radius 2 is 1.84 bits per heavy atom. The standard InChI is InChI=1S/C20H15N3O2/c24-16-8-4-5-13(9-16)19(25)18-12-22-20-17(18)10-15(11-21-20)23-14-6-2-1-3-7-14/h1-12,23-24H,(H,21,22). The lowest BCUT2D eigenvalue weighted by Crippen LogP contribution is -2.00. The topological polar surface area (TPSA) is 78.0 Å². The number of carbonyl (C=O) groups excluding carboxylic acids is 1. The van der Waals surface area contributed by atoms with Crippen molar-refractivity contribution in [1.82, 2.24) is 9.97 Å². The summed E-state index contributed by atoms with van der Waals surface area (Å²) in [7, 11) is 0. The van der Waals surface area contributed by atoms with Gasteiger partial charge in [-0.25, -0.2) is 4.98 Å². The summed E-state index contributed by atoms with van der Waals surface area (Å²) >= 11 is 0. The van der Waals surface area contributed by atoms with E-state index in [4.69, 9.17) is 0 Å². The summed E-state index contributed by atoms with van der Waals surface area (Å²) in [6, 6.07) is 18.0. The van der Waals surface area contributed by atoms with Crippen LogP contribution in [0.25, 0.3) is 11.0 Å². The molecule has 0 atom stereocenters. The van der Waals surface area contributed by atoms with E-state index >= 15 is 0 Å². The molecule has 2 aromatic carbocycles.